The number of hydrogen-bond acceptors (Lipinski definition) is 6. The molecule has 156 valence electrons. The molecule has 0 saturated heterocycles. The molecule has 0 atom stereocenters. The van der Waals surface area contributed by atoms with Crippen molar-refractivity contribution < 1.29 is 9.21 Å². The highest BCUT2D eigenvalue weighted by Gasteiger charge is 2.14. The average Bonchev–Trinajstić information content (AvgIpc) is 2.74. The predicted molar refractivity (Wildman–Crippen MR) is 122 cm³/mol. The largest absolute Gasteiger partial charge is 0.422 e. The lowest BCUT2D eigenvalue weighted by Crippen LogP contribution is -2.24. The van der Waals surface area contributed by atoms with Gasteiger partial charge in [0.1, 0.15) is 11.1 Å². The van der Waals surface area contributed by atoms with Crippen LogP contribution in [0.15, 0.2) is 62.8 Å². The lowest BCUT2D eigenvalue weighted by Gasteiger charge is -2.20. The van der Waals surface area contributed by atoms with Crippen LogP contribution in [0.5, 0.6) is 0 Å². The molecular formula is C23H26N4O3. The summed E-state index contributed by atoms with van der Waals surface area (Å²) >= 11 is 0. The van der Waals surface area contributed by atoms with Crippen molar-refractivity contribution in [1.82, 2.24) is 5.43 Å². The number of amides is 1. The zero-order valence-corrected chi connectivity index (χ0v) is 17.7. The molecule has 2 aromatic carbocycles. The number of carbonyl (C=O) groups excluding carboxylic acids is 1. The number of fused-ring (bicyclic) bond motifs is 1. The van der Waals surface area contributed by atoms with E-state index in [0.29, 0.717) is 11.0 Å². The molecule has 7 heteroatoms. The van der Waals surface area contributed by atoms with Crippen LogP contribution < -0.4 is 20.9 Å². The summed E-state index contributed by atoms with van der Waals surface area (Å²) in [4.78, 5) is 28.9. The molecule has 0 fully saturated rings. The summed E-state index contributed by atoms with van der Waals surface area (Å²) in [6.07, 6.45) is 1.52. The van der Waals surface area contributed by atoms with Gasteiger partial charge in [0.25, 0.3) is 5.91 Å². The number of nitrogens with zero attached hydrogens (tertiary/aromatic N) is 3. The van der Waals surface area contributed by atoms with E-state index in [4.69, 9.17) is 4.42 Å². The minimum absolute atomic E-state index is 0.0850. The van der Waals surface area contributed by atoms with E-state index in [9.17, 15) is 9.59 Å². The van der Waals surface area contributed by atoms with Crippen LogP contribution in [0.25, 0.3) is 11.0 Å². The maximum atomic E-state index is 12.4. The van der Waals surface area contributed by atoms with Crippen LogP contribution in [0.1, 0.15) is 29.8 Å². The number of hydrazone groups is 1. The lowest BCUT2D eigenvalue weighted by atomic mass is 10.1. The van der Waals surface area contributed by atoms with Crippen LogP contribution in [-0.2, 0) is 0 Å². The molecule has 1 N–H and O–H groups in total. The van der Waals surface area contributed by atoms with Gasteiger partial charge in [-0.2, -0.15) is 5.10 Å². The first-order valence-electron chi connectivity index (χ1n) is 9.86. The highest BCUT2D eigenvalue weighted by Crippen LogP contribution is 2.22. The number of benzene rings is 2. The molecule has 0 radical (unpaired) electrons. The fourth-order valence-electron chi connectivity index (χ4n) is 3.13. The van der Waals surface area contributed by atoms with Crippen LogP contribution >= 0.6 is 0 Å². The third-order valence-corrected chi connectivity index (χ3v) is 4.88. The second-order valence-electron chi connectivity index (χ2n) is 7.03. The molecule has 0 aliphatic heterocycles. The van der Waals surface area contributed by atoms with Crippen molar-refractivity contribution in [3.8, 4) is 0 Å². The summed E-state index contributed by atoms with van der Waals surface area (Å²) in [5.41, 5.74) is 4.93. The van der Waals surface area contributed by atoms with Crippen molar-refractivity contribution in [2.75, 3.05) is 37.0 Å². The van der Waals surface area contributed by atoms with E-state index in [2.05, 4.69) is 29.3 Å². The van der Waals surface area contributed by atoms with Gasteiger partial charge in [0, 0.05) is 50.0 Å². The van der Waals surface area contributed by atoms with Gasteiger partial charge in [-0.15, -0.1) is 0 Å². The third kappa shape index (κ3) is 4.68. The van der Waals surface area contributed by atoms with E-state index in [0.717, 1.165) is 30.0 Å². The Morgan fingerprint density at radius 3 is 2.33 bits per heavy atom. The molecule has 1 heterocycles. The maximum absolute atomic E-state index is 12.4. The van der Waals surface area contributed by atoms with E-state index in [1.54, 1.807) is 0 Å². The Morgan fingerprint density at radius 1 is 1.03 bits per heavy atom. The minimum Gasteiger partial charge on any atom is -0.422 e. The molecule has 7 nitrogen and oxygen atoms in total. The van der Waals surface area contributed by atoms with E-state index in [-0.39, 0.29) is 5.56 Å². The Balaban J connectivity index is 1.76. The molecule has 0 saturated carbocycles. The molecule has 0 aliphatic rings. The Kier molecular flexibility index (Phi) is 6.51. The number of anilines is 2. The number of nitrogens with one attached hydrogen (secondary N) is 1. The maximum Gasteiger partial charge on any atom is 0.349 e. The van der Waals surface area contributed by atoms with Gasteiger partial charge in [0.15, 0.2) is 0 Å². The Hall–Kier alpha value is -3.61. The van der Waals surface area contributed by atoms with Crippen LogP contribution in [0.4, 0.5) is 11.4 Å². The van der Waals surface area contributed by atoms with Crippen molar-refractivity contribution in [1.29, 1.82) is 0 Å². The van der Waals surface area contributed by atoms with Gasteiger partial charge in [-0.1, -0.05) is 12.1 Å². The summed E-state index contributed by atoms with van der Waals surface area (Å²) in [5.74, 6) is -0.611. The number of rotatable bonds is 7. The van der Waals surface area contributed by atoms with Gasteiger partial charge in [0.05, 0.1) is 6.21 Å². The summed E-state index contributed by atoms with van der Waals surface area (Å²) in [6, 6.07) is 14.8. The van der Waals surface area contributed by atoms with Crippen LogP contribution in [0, 0.1) is 0 Å². The Morgan fingerprint density at radius 2 is 1.70 bits per heavy atom. The van der Waals surface area contributed by atoms with Gasteiger partial charge in [-0.05, 0) is 49.7 Å². The second kappa shape index (κ2) is 9.26. The first-order chi connectivity index (χ1) is 14.4. The van der Waals surface area contributed by atoms with Crippen LogP contribution in [0.2, 0.25) is 0 Å². The predicted octanol–water partition coefficient (Wildman–Crippen LogP) is 3.47. The van der Waals surface area contributed by atoms with E-state index in [1.807, 2.05) is 61.5 Å². The van der Waals surface area contributed by atoms with Crippen LogP contribution in [0.3, 0.4) is 0 Å². The fourth-order valence-corrected chi connectivity index (χ4v) is 3.13. The topological polar surface area (TPSA) is 78.2 Å². The third-order valence-electron chi connectivity index (χ3n) is 4.88. The molecule has 1 amide bonds. The summed E-state index contributed by atoms with van der Waals surface area (Å²) < 4.78 is 5.39. The average molecular weight is 406 g/mol. The van der Waals surface area contributed by atoms with Gasteiger partial charge in [-0.25, -0.2) is 10.2 Å². The summed E-state index contributed by atoms with van der Waals surface area (Å²) in [7, 11) is 3.92. The fraction of sp³-hybridized carbons (Fsp3) is 0.261. The van der Waals surface area contributed by atoms with Crippen molar-refractivity contribution in [2.45, 2.75) is 13.8 Å². The first kappa shape index (κ1) is 21.1. The van der Waals surface area contributed by atoms with E-state index >= 15 is 0 Å². The summed E-state index contributed by atoms with van der Waals surface area (Å²) in [6.45, 7) is 5.83. The quantitative estimate of drug-likeness (QED) is 0.369. The molecule has 0 unspecified atom stereocenters. The van der Waals surface area contributed by atoms with Crippen molar-refractivity contribution in [3.05, 3.63) is 70.1 Å². The molecule has 1 aromatic heterocycles. The van der Waals surface area contributed by atoms with Crippen molar-refractivity contribution in [3.63, 3.8) is 0 Å². The second-order valence-corrected chi connectivity index (χ2v) is 7.03. The van der Waals surface area contributed by atoms with E-state index in [1.165, 1.54) is 12.3 Å². The first-order valence-corrected chi connectivity index (χ1v) is 9.86. The highest BCUT2D eigenvalue weighted by atomic mass is 16.4. The number of hydrogen-bond donors (Lipinski definition) is 1. The van der Waals surface area contributed by atoms with Crippen LogP contribution in [-0.4, -0.2) is 39.3 Å². The molecule has 0 bridgehead atoms. The zero-order valence-electron chi connectivity index (χ0n) is 17.7. The smallest absolute Gasteiger partial charge is 0.349 e. The van der Waals surface area contributed by atoms with Crippen molar-refractivity contribution >= 4 is 34.5 Å². The highest BCUT2D eigenvalue weighted by molar-refractivity contribution is 5.97. The van der Waals surface area contributed by atoms with Gasteiger partial charge in [0.2, 0.25) is 0 Å². The molecule has 0 aliphatic carbocycles. The molecular weight excluding hydrogens is 380 g/mol. The molecule has 3 rings (SSSR count). The van der Waals surface area contributed by atoms with Gasteiger partial charge >= 0.3 is 5.63 Å². The van der Waals surface area contributed by atoms with Crippen molar-refractivity contribution in [2.24, 2.45) is 5.10 Å². The zero-order chi connectivity index (χ0) is 21.7. The normalized spacial score (nSPS) is 11.1. The van der Waals surface area contributed by atoms with E-state index < -0.39 is 11.5 Å². The molecule has 30 heavy (non-hydrogen) atoms. The number of carbonyl (C=O) groups is 1. The Bertz CT molecular complexity index is 1110. The lowest BCUT2D eigenvalue weighted by molar-refractivity contribution is 0.0951. The molecule has 0 spiro atoms. The monoisotopic (exact) mass is 406 g/mol. The minimum atomic E-state index is -0.692. The molecule has 3 aromatic rings. The summed E-state index contributed by atoms with van der Waals surface area (Å²) in [5, 5.41) is 4.63. The van der Waals surface area contributed by atoms with Gasteiger partial charge < -0.3 is 14.2 Å². The SMILES string of the molecule is CCN(CC)c1ccc2cc(C(=O)N/N=C/c3ccc(N(C)C)cc3)c(=O)oc2c1. The standard InChI is InChI=1S/C23H26N4O3/c1-5-27(6-2)19-12-9-17-13-20(23(29)30-21(17)14-19)22(28)25-24-15-16-7-10-18(11-8-16)26(3)4/h7-15H,5-6H2,1-4H3,(H,25,28)/b24-15+. The Labute approximate surface area is 175 Å². The van der Waals surface area contributed by atoms with Gasteiger partial charge in [-0.3, -0.25) is 4.79 Å².